The number of thioether (sulfide) groups is 1. The lowest BCUT2D eigenvalue weighted by Crippen LogP contribution is -2.24. The summed E-state index contributed by atoms with van der Waals surface area (Å²) in [6.07, 6.45) is 6.71. The zero-order valence-corrected chi connectivity index (χ0v) is 20.0. The second-order valence-corrected chi connectivity index (χ2v) is 10.7. The molecular formula is C23H26N6O2S2. The highest BCUT2D eigenvalue weighted by Gasteiger charge is 2.26. The molecule has 0 unspecified atom stereocenters. The Balaban J connectivity index is 1.33. The number of hydrogen-bond donors (Lipinski definition) is 3. The second-order valence-electron chi connectivity index (χ2n) is 8.41. The summed E-state index contributed by atoms with van der Waals surface area (Å²) in [5.74, 6) is 0.858. The van der Waals surface area contributed by atoms with Crippen molar-refractivity contribution in [2.45, 2.75) is 61.9 Å². The average Bonchev–Trinajstić information content (AvgIpc) is 3.54. The Morgan fingerprint density at radius 1 is 1.21 bits per heavy atom. The van der Waals surface area contributed by atoms with E-state index < -0.39 is 0 Å². The molecule has 3 aromatic heterocycles. The van der Waals surface area contributed by atoms with Crippen LogP contribution in [0.4, 0.5) is 5.69 Å². The van der Waals surface area contributed by atoms with E-state index in [-0.39, 0.29) is 16.8 Å². The molecule has 3 heterocycles. The molecule has 8 nitrogen and oxygen atoms in total. The highest BCUT2D eigenvalue weighted by molar-refractivity contribution is 8.00. The average molecular weight is 483 g/mol. The fraction of sp³-hybridized carbons (Fsp3) is 0.391. The minimum absolute atomic E-state index is 0.116. The number of benzene rings is 1. The molecule has 1 atom stereocenters. The smallest absolute Gasteiger partial charge is 0.323 e. The van der Waals surface area contributed by atoms with Crippen molar-refractivity contribution in [2.75, 3.05) is 5.32 Å². The Bertz CT molecular complexity index is 1300. The number of thiophene rings is 1. The first-order valence-electron chi connectivity index (χ1n) is 11.2. The van der Waals surface area contributed by atoms with Gasteiger partial charge in [0.25, 0.3) is 0 Å². The molecule has 4 aromatic rings. The number of fused-ring (bicyclic) bond motifs is 1. The van der Waals surface area contributed by atoms with E-state index >= 15 is 0 Å². The van der Waals surface area contributed by atoms with E-state index in [9.17, 15) is 9.59 Å². The number of aromatic nitrogens is 5. The number of rotatable bonds is 7. The van der Waals surface area contributed by atoms with Crippen LogP contribution in [0.1, 0.15) is 55.8 Å². The lowest BCUT2D eigenvalue weighted by Gasteiger charge is -2.26. The number of imidazole rings is 1. The molecule has 1 aromatic carbocycles. The van der Waals surface area contributed by atoms with Crippen molar-refractivity contribution in [3.05, 3.63) is 56.9 Å². The van der Waals surface area contributed by atoms with Gasteiger partial charge in [-0.2, -0.15) is 0 Å². The second kappa shape index (κ2) is 9.56. The highest BCUT2D eigenvalue weighted by Crippen LogP contribution is 2.35. The summed E-state index contributed by atoms with van der Waals surface area (Å²) in [6.45, 7) is 1.88. The fourth-order valence-corrected chi connectivity index (χ4v) is 5.99. The Morgan fingerprint density at radius 3 is 2.82 bits per heavy atom. The van der Waals surface area contributed by atoms with Crippen LogP contribution in [0, 0.1) is 0 Å². The van der Waals surface area contributed by atoms with Gasteiger partial charge in [-0.25, -0.2) is 4.79 Å². The number of anilines is 1. The molecule has 172 valence electrons. The van der Waals surface area contributed by atoms with Crippen molar-refractivity contribution in [1.29, 1.82) is 0 Å². The number of nitrogens with one attached hydrogen (secondary N) is 3. The topological polar surface area (TPSA) is 108 Å². The first-order chi connectivity index (χ1) is 16.1. The lowest BCUT2D eigenvalue weighted by atomic mass is 9.95. The van der Waals surface area contributed by atoms with Gasteiger partial charge in [0.1, 0.15) is 5.82 Å². The van der Waals surface area contributed by atoms with Gasteiger partial charge in [-0.15, -0.1) is 21.5 Å². The number of carbonyl (C=O) groups is 1. The van der Waals surface area contributed by atoms with E-state index in [0.717, 1.165) is 30.2 Å². The molecule has 10 heteroatoms. The van der Waals surface area contributed by atoms with Crippen LogP contribution in [-0.2, 0) is 11.2 Å². The van der Waals surface area contributed by atoms with Crippen LogP contribution in [0.5, 0.6) is 0 Å². The van der Waals surface area contributed by atoms with Crippen LogP contribution >= 0.6 is 23.1 Å². The molecule has 0 saturated heterocycles. The minimum Gasteiger partial charge on any atom is -0.325 e. The van der Waals surface area contributed by atoms with Gasteiger partial charge in [-0.1, -0.05) is 37.1 Å². The van der Waals surface area contributed by atoms with Gasteiger partial charge >= 0.3 is 5.69 Å². The molecule has 1 aliphatic carbocycles. The molecule has 1 amide bonds. The molecule has 0 aliphatic heterocycles. The van der Waals surface area contributed by atoms with E-state index in [2.05, 4.69) is 47.6 Å². The maximum atomic E-state index is 12.9. The molecule has 1 saturated carbocycles. The van der Waals surface area contributed by atoms with Crippen molar-refractivity contribution in [2.24, 2.45) is 0 Å². The third-order valence-electron chi connectivity index (χ3n) is 6.02. The van der Waals surface area contributed by atoms with Gasteiger partial charge in [0.15, 0.2) is 5.16 Å². The van der Waals surface area contributed by atoms with Crippen LogP contribution in [0.2, 0.25) is 0 Å². The number of hydrogen-bond acceptors (Lipinski definition) is 6. The van der Waals surface area contributed by atoms with Gasteiger partial charge in [-0.3, -0.25) is 4.79 Å². The number of amides is 1. The summed E-state index contributed by atoms with van der Waals surface area (Å²) in [4.78, 5) is 31.1. The van der Waals surface area contributed by atoms with Gasteiger partial charge < -0.3 is 19.9 Å². The quantitative estimate of drug-likeness (QED) is 0.330. The summed E-state index contributed by atoms with van der Waals surface area (Å²) in [5, 5.41) is 14.5. The molecule has 1 fully saturated rings. The summed E-state index contributed by atoms with van der Waals surface area (Å²) in [5.41, 5.74) is 1.74. The zero-order valence-electron chi connectivity index (χ0n) is 18.3. The largest absolute Gasteiger partial charge is 0.325 e. The highest BCUT2D eigenvalue weighted by atomic mass is 32.2. The molecule has 1 aliphatic rings. The van der Waals surface area contributed by atoms with Gasteiger partial charge in [0.2, 0.25) is 5.91 Å². The van der Waals surface area contributed by atoms with Crippen molar-refractivity contribution >= 4 is 45.7 Å². The molecule has 0 radical (unpaired) electrons. The third kappa shape index (κ3) is 4.91. The Labute approximate surface area is 199 Å². The zero-order chi connectivity index (χ0) is 22.8. The molecule has 3 N–H and O–H groups in total. The van der Waals surface area contributed by atoms with E-state index in [4.69, 9.17) is 0 Å². The summed E-state index contributed by atoms with van der Waals surface area (Å²) in [6, 6.07) is 9.88. The maximum absolute atomic E-state index is 12.9. The summed E-state index contributed by atoms with van der Waals surface area (Å²) < 4.78 is 2.28. The van der Waals surface area contributed by atoms with Crippen LogP contribution < -0.4 is 11.0 Å². The first kappa shape index (κ1) is 22.0. The molecular weight excluding hydrogens is 456 g/mol. The van der Waals surface area contributed by atoms with Crippen molar-refractivity contribution < 1.29 is 4.79 Å². The van der Waals surface area contributed by atoms with Gasteiger partial charge in [-0.05, 0) is 49.4 Å². The van der Waals surface area contributed by atoms with Crippen LogP contribution in [0.15, 0.2) is 45.7 Å². The predicted molar refractivity (Wildman–Crippen MR) is 132 cm³/mol. The fourth-order valence-electron chi connectivity index (χ4n) is 4.35. The van der Waals surface area contributed by atoms with Crippen LogP contribution in [-0.4, -0.2) is 35.9 Å². The SMILES string of the molecule is C[C@@H](Sc1nnc(Cc2cccs2)n1C1CCCCC1)C(=O)Nc1ccc2[nH]c(=O)[nH]c2c1. The van der Waals surface area contributed by atoms with E-state index in [1.165, 1.54) is 35.9 Å². The maximum Gasteiger partial charge on any atom is 0.323 e. The minimum atomic E-state index is -0.355. The van der Waals surface area contributed by atoms with Crippen LogP contribution in [0.25, 0.3) is 11.0 Å². The van der Waals surface area contributed by atoms with Crippen molar-refractivity contribution in [3.8, 4) is 0 Å². The van der Waals surface area contributed by atoms with Gasteiger partial charge in [0, 0.05) is 23.0 Å². The lowest BCUT2D eigenvalue weighted by molar-refractivity contribution is -0.115. The first-order valence-corrected chi connectivity index (χ1v) is 13.0. The van der Waals surface area contributed by atoms with Gasteiger partial charge in [0.05, 0.1) is 16.3 Å². The van der Waals surface area contributed by atoms with E-state index in [1.807, 2.05) is 6.92 Å². The number of carbonyl (C=O) groups excluding carboxylic acids is 1. The summed E-state index contributed by atoms with van der Waals surface area (Å²) in [7, 11) is 0. The Hall–Kier alpha value is -2.85. The van der Waals surface area contributed by atoms with E-state index in [1.54, 1.807) is 29.5 Å². The molecule has 5 rings (SSSR count). The van der Waals surface area contributed by atoms with E-state index in [0.29, 0.717) is 22.8 Å². The molecule has 0 spiro atoms. The number of H-pyrrole nitrogens is 2. The third-order valence-corrected chi connectivity index (χ3v) is 7.96. The Kier molecular flexibility index (Phi) is 6.37. The monoisotopic (exact) mass is 482 g/mol. The van der Waals surface area contributed by atoms with Crippen molar-refractivity contribution in [1.82, 2.24) is 24.7 Å². The molecule has 33 heavy (non-hydrogen) atoms. The normalized spacial score (nSPS) is 15.7. The van der Waals surface area contributed by atoms with Crippen molar-refractivity contribution in [3.63, 3.8) is 0 Å². The Morgan fingerprint density at radius 2 is 2.03 bits per heavy atom. The number of nitrogens with zero attached hydrogens (tertiary/aromatic N) is 3. The molecule has 0 bridgehead atoms. The van der Waals surface area contributed by atoms with Crippen LogP contribution in [0.3, 0.4) is 0 Å². The summed E-state index contributed by atoms with van der Waals surface area (Å²) >= 11 is 3.18. The standard InChI is InChI=1S/C23H26N6O2S2/c1-14(21(30)24-15-9-10-18-19(12-15)26-22(31)25-18)33-23-28-27-20(13-17-8-5-11-32-17)29(23)16-6-3-2-4-7-16/h5,8-12,14,16H,2-4,6-7,13H2,1H3,(H,24,30)(H2,25,26,31)/t14-/m1/s1. The number of aromatic amines is 2. The predicted octanol–water partition coefficient (Wildman–Crippen LogP) is 4.72.